The largest absolute Gasteiger partial charge is 0.495 e. The number of rotatable bonds is 7. The van der Waals surface area contributed by atoms with Crippen molar-refractivity contribution < 1.29 is 14.3 Å². The van der Waals surface area contributed by atoms with Gasteiger partial charge in [-0.3, -0.25) is 9.69 Å². The summed E-state index contributed by atoms with van der Waals surface area (Å²) < 4.78 is 10.9. The minimum absolute atomic E-state index is 0.109. The van der Waals surface area contributed by atoms with Crippen LogP contribution in [-0.2, 0) is 4.79 Å². The Hall–Kier alpha value is -2.44. The van der Waals surface area contributed by atoms with E-state index in [9.17, 15) is 4.79 Å². The molecule has 7 heteroatoms. The molecule has 0 saturated carbocycles. The van der Waals surface area contributed by atoms with Crippen molar-refractivity contribution in [1.29, 1.82) is 0 Å². The van der Waals surface area contributed by atoms with Crippen LogP contribution < -0.4 is 14.4 Å². The highest BCUT2D eigenvalue weighted by atomic mass is 35.5. The number of hydrogen-bond acceptors (Lipinski definition) is 5. The molecule has 0 bridgehead atoms. The van der Waals surface area contributed by atoms with E-state index in [2.05, 4.69) is 11.9 Å². The second-order valence-electron chi connectivity index (χ2n) is 6.97. The molecule has 2 aromatic carbocycles. The molecule has 1 aliphatic rings. The van der Waals surface area contributed by atoms with Gasteiger partial charge in [-0.2, -0.15) is 0 Å². The quantitative estimate of drug-likeness (QED) is 0.490. The number of anilines is 1. The Balaban J connectivity index is 1.91. The molecule has 0 fully saturated rings. The molecule has 3 rings (SSSR count). The average molecular weight is 445 g/mol. The van der Waals surface area contributed by atoms with Crippen LogP contribution in [0.15, 0.2) is 53.2 Å². The fraction of sp³-hybridized carbons (Fsp3) is 0.304. The minimum atomic E-state index is -0.183. The van der Waals surface area contributed by atoms with Gasteiger partial charge in [-0.05, 0) is 62.2 Å². The smallest absolute Gasteiger partial charge is 0.283 e. The Morgan fingerprint density at radius 1 is 1.20 bits per heavy atom. The number of benzene rings is 2. The van der Waals surface area contributed by atoms with Crippen LogP contribution in [0.3, 0.4) is 0 Å². The van der Waals surface area contributed by atoms with Gasteiger partial charge in [0.1, 0.15) is 17.2 Å². The molecule has 0 aliphatic carbocycles. The van der Waals surface area contributed by atoms with Crippen molar-refractivity contribution in [3.05, 3.63) is 58.7 Å². The van der Waals surface area contributed by atoms with Crippen molar-refractivity contribution >= 4 is 46.2 Å². The van der Waals surface area contributed by atoms with Crippen LogP contribution in [0.25, 0.3) is 6.08 Å². The Morgan fingerprint density at radius 2 is 1.93 bits per heavy atom. The number of ether oxygens (including phenoxy) is 2. The molecule has 158 valence electrons. The fourth-order valence-electron chi connectivity index (χ4n) is 2.88. The van der Waals surface area contributed by atoms with Gasteiger partial charge in [0.05, 0.1) is 23.9 Å². The van der Waals surface area contributed by atoms with E-state index < -0.39 is 0 Å². The molecule has 1 heterocycles. The molecule has 30 heavy (non-hydrogen) atoms. The Bertz CT molecular complexity index is 971. The normalized spacial score (nSPS) is 15.1. The summed E-state index contributed by atoms with van der Waals surface area (Å²) in [5.74, 6) is 2.03. The molecule has 5 nitrogen and oxygen atoms in total. The van der Waals surface area contributed by atoms with E-state index in [4.69, 9.17) is 21.1 Å². The van der Waals surface area contributed by atoms with Gasteiger partial charge in [-0.25, -0.2) is 4.99 Å². The fourth-order valence-corrected chi connectivity index (χ4v) is 4.00. The van der Waals surface area contributed by atoms with E-state index in [1.165, 1.54) is 0 Å². The molecule has 0 N–H and O–H groups in total. The van der Waals surface area contributed by atoms with Crippen molar-refractivity contribution in [2.45, 2.75) is 33.3 Å². The lowest BCUT2D eigenvalue weighted by atomic mass is 10.2. The third-order valence-electron chi connectivity index (χ3n) is 4.21. The van der Waals surface area contributed by atoms with E-state index in [0.717, 1.165) is 23.5 Å². The molecular formula is C23H25ClN2O3S. The number of aliphatic imine (C=N–C) groups is 1. The summed E-state index contributed by atoms with van der Waals surface area (Å²) >= 11 is 7.84. The standard InChI is InChI=1S/C23H25ClN2O3S/c1-5-12-30-23-25-20(13-16-6-9-18(10-7-16)29-15(2)3)22(27)26(23)17-8-11-21(28-4)19(24)14-17/h6-11,13-15H,5,12H2,1-4H3. The van der Waals surface area contributed by atoms with E-state index in [1.807, 2.05) is 44.2 Å². The van der Waals surface area contributed by atoms with Crippen LogP contribution in [0.4, 0.5) is 5.69 Å². The highest BCUT2D eigenvalue weighted by molar-refractivity contribution is 8.14. The van der Waals surface area contributed by atoms with Crippen LogP contribution in [0.2, 0.25) is 5.02 Å². The maximum absolute atomic E-state index is 13.2. The number of halogens is 1. The summed E-state index contributed by atoms with van der Waals surface area (Å²) in [6.07, 6.45) is 2.88. The molecule has 1 amide bonds. The van der Waals surface area contributed by atoms with Gasteiger partial charge in [-0.1, -0.05) is 42.4 Å². The molecule has 0 radical (unpaired) electrons. The van der Waals surface area contributed by atoms with Crippen molar-refractivity contribution in [1.82, 2.24) is 0 Å². The predicted octanol–water partition coefficient (Wildman–Crippen LogP) is 6.02. The number of thioether (sulfide) groups is 1. The molecular weight excluding hydrogens is 420 g/mol. The van der Waals surface area contributed by atoms with Gasteiger partial charge in [0.2, 0.25) is 0 Å². The zero-order chi connectivity index (χ0) is 21.7. The summed E-state index contributed by atoms with van der Waals surface area (Å²) in [4.78, 5) is 19.4. The highest BCUT2D eigenvalue weighted by Crippen LogP contribution is 2.34. The number of methoxy groups -OCH3 is 1. The number of amides is 1. The van der Waals surface area contributed by atoms with E-state index in [0.29, 0.717) is 27.3 Å². The summed E-state index contributed by atoms with van der Waals surface area (Å²) in [7, 11) is 1.56. The molecule has 0 spiro atoms. The number of carbonyl (C=O) groups is 1. The van der Waals surface area contributed by atoms with Crippen molar-refractivity contribution in [2.75, 3.05) is 17.8 Å². The number of hydrogen-bond donors (Lipinski definition) is 0. The number of amidine groups is 1. The Labute approximate surface area is 186 Å². The summed E-state index contributed by atoms with van der Waals surface area (Å²) in [6, 6.07) is 12.9. The summed E-state index contributed by atoms with van der Waals surface area (Å²) in [6.45, 7) is 6.06. The van der Waals surface area contributed by atoms with Crippen LogP contribution >= 0.6 is 23.4 Å². The van der Waals surface area contributed by atoms with E-state index >= 15 is 0 Å². The van der Waals surface area contributed by atoms with Crippen molar-refractivity contribution in [3.8, 4) is 11.5 Å². The van der Waals surface area contributed by atoms with E-state index in [-0.39, 0.29) is 12.0 Å². The van der Waals surface area contributed by atoms with Crippen LogP contribution in [-0.4, -0.2) is 30.0 Å². The molecule has 2 aromatic rings. The first-order valence-corrected chi connectivity index (χ1v) is 11.2. The Kier molecular flexibility index (Phi) is 7.45. The first kappa shape index (κ1) is 22.2. The molecule has 1 aliphatic heterocycles. The van der Waals surface area contributed by atoms with Gasteiger partial charge in [0.25, 0.3) is 5.91 Å². The molecule has 0 aromatic heterocycles. The maximum Gasteiger partial charge on any atom is 0.283 e. The Morgan fingerprint density at radius 3 is 2.53 bits per heavy atom. The SMILES string of the molecule is CCCSC1=NC(=Cc2ccc(OC(C)C)cc2)C(=O)N1c1ccc(OC)c(Cl)c1. The van der Waals surface area contributed by atoms with Gasteiger partial charge < -0.3 is 9.47 Å². The van der Waals surface area contributed by atoms with Gasteiger partial charge >= 0.3 is 0 Å². The highest BCUT2D eigenvalue weighted by Gasteiger charge is 2.32. The third-order valence-corrected chi connectivity index (χ3v) is 5.65. The molecule has 0 saturated heterocycles. The second kappa shape index (κ2) is 10.0. The zero-order valence-corrected chi connectivity index (χ0v) is 19.1. The third kappa shape index (κ3) is 5.18. The molecule has 0 atom stereocenters. The number of carbonyl (C=O) groups excluding carboxylic acids is 1. The van der Waals surface area contributed by atoms with E-state index in [1.54, 1.807) is 42.0 Å². The van der Waals surface area contributed by atoms with Gasteiger partial charge in [0.15, 0.2) is 5.17 Å². The first-order chi connectivity index (χ1) is 14.4. The lowest BCUT2D eigenvalue weighted by Gasteiger charge is -2.18. The maximum atomic E-state index is 13.2. The summed E-state index contributed by atoms with van der Waals surface area (Å²) in [5.41, 5.74) is 1.93. The topological polar surface area (TPSA) is 51.1 Å². The summed E-state index contributed by atoms with van der Waals surface area (Å²) in [5, 5.41) is 1.09. The molecule has 0 unspecified atom stereocenters. The van der Waals surface area contributed by atoms with Crippen LogP contribution in [0.1, 0.15) is 32.8 Å². The average Bonchev–Trinajstić information content (AvgIpc) is 3.02. The first-order valence-electron chi connectivity index (χ1n) is 9.80. The number of nitrogens with zero attached hydrogens (tertiary/aromatic N) is 2. The van der Waals surface area contributed by atoms with Crippen molar-refractivity contribution in [3.63, 3.8) is 0 Å². The minimum Gasteiger partial charge on any atom is -0.495 e. The lowest BCUT2D eigenvalue weighted by molar-refractivity contribution is -0.113. The zero-order valence-electron chi connectivity index (χ0n) is 17.5. The van der Waals surface area contributed by atoms with Gasteiger partial charge in [-0.15, -0.1) is 0 Å². The van der Waals surface area contributed by atoms with Crippen LogP contribution in [0, 0.1) is 0 Å². The monoisotopic (exact) mass is 444 g/mol. The lowest BCUT2D eigenvalue weighted by Crippen LogP contribution is -2.30. The predicted molar refractivity (Wildman–Crippen MR) is 126 cm³/mol. The van der Waals surface area contributed by atoms with Crippen molar-refractivity contribution in [2.24, 2.45) is 4.99 Å². The van der Waals surface area contributed by atoms with Gasteiger partial charge in [0, 0.05) is 5.75 Å². The van der Waals surface area contributed by atoms with Crippen LogP contribution in [0.5, 0.6) is 11.5 Å². The second-order valence-corrected chi connectivity index (χ2v) is 8.44.